The first-order chi connectivity index (χ1) is 12.2. The van der Waals surface area contributed by atoms with Crippen molar-refractivity contribution in [3.05, 3.63) is 95.7 Å². The third-order valence-electron chi connectivity index (χ3n) is 4.53. The Morgan fingerprint density at radius 3 is 2.00 bits per heavy atom. The molecule has 1 heterocycles. The molecule has 122 valence electrons. The summed E-state index contributed by atoms with van der Waals surface area (Å²) in [6.45, 7) is 0. The lowest BCUT2D eigenvalue weighted by Crippen LogP contribution is -1.92. The van der Waals surface area contributed by atoms with Gasteiger partial charge in [0.1, 0.15) is 0 Å². The standard InChI is InChI=1S/C13H10.C9H7NO2/c1-3-7-12-10(5-1)9-11-6-2-4-8-13(11)12;11-9(12)7-5-10-8-4-2-1-3-6(7)8/h1-8H,9H2;1-5,10H,(H,11,12). The Morgan fingerprint density at radius 1 is 0.800 bits per heavy atom. The molecule has 4 aromatic rings. The molecular weight excluding hydrogens is 310 g/mol. The van der Waals surface area contributed by atoms with Crippen LogP contribution in [0.4, 0.5) is 0 Å². The van der Waals surface area contributed by atoms with E-state index in [2.05, 4.69) is 53.5 Å². The van der Waals surface area contributed by atoms with Crippen molar-refractivity contribution in [1.82, 2.24) is 4.98 Å². The fourth-order valence-electron chi connectivity index (χ4n) is 3.33. The summed E-state index contributed by atoms with van der Waals surface area (Å²) in [5.41, 5.74) is 6.93. The van der Waals surface area contributed by atoms with E-state index in [4.69, 9.17) is 5.11 Å². The largest absolute Gasteiger partial charge is 0.478 e. The second-order valence-electron chi connectivity index (χ2n) is 6.04. The first kappa shape index (κ1) is 15.2. The van der Waals surface area contributed by atoms with E-state index in [9.17, 15) is 4.79 Å². The number of aromatic carboxylic acids is 1. The maximum Gasteiger partial charge on any atom is 0.337 e. The summed E-state index contributed by atoms with van der Waals surface area (Å²) in [6, 6.07) is 24.6. The van der Waals surface area contributed by atoms with Gasteiger partial charge in [0.05, 0.1) is 5.56 Å². The first-order valence-corrected chi connectivity index (χ1v) is 8.19. The van der Waals surface area contributed by atoms with E-state index >= 15 is 0 Å². The number of fused-ring (bicyclic) bond motifs is 4. The molecule has 1 aromatic heterocycles. The van der Waals surface area contributed by atoms with Gasteiger partial charge in [-0.15, -0.1) is 0 Å². The molecular formula is C22H17NO2. The summed E-state index contributed by atoms with van der Waals surface area (Å²) >= 11 is 0. The summed E-state index contributed by atoms with van der Waals surface area (Å²) in [4.78, 5) is 13.5. The third kappa shape index (κ3) is 2.81. The summed E-state index contributed by atoms with van der Waals surface area (Å²) in [6.07, 6.45) is 2.61. The summed E-state index contributed by atoms with van der Waals surface area (Å²) < 4.78 is 0. The number of carboxylic acid groups (broad SMARTS) is 1. The van der Waals surface area contributed by atoms with Crippen molar-refractivity contribution in [2.45, 2.75) is 6.42 Å². The van der Waals surface area contributed by atoms with Gasteiger partial charge < -0.3 is 10.1 Å². The molecule has 2 N–H and O–H groups in total. The van der Waals surface area contributed by atoms with Crippen LogP contribution in [-0.2, 0) is 6.42 Å². The van der Waals surface area contributed by atoms with Gasteiger partial charge in [0.25, 0.3) is 0 Å². The number of rotatable bonds is 1. The van der Waals surface area contributed by atoms with Gasteiger partial charge >= 0.3 is 5.97 Å². The fraction of sp³-hybridized carbons (Fsp3) is 0.0455. The van der Waals surface area contributed by atoms with Crippen LogP contribution in [-0.4, -0.2) is 16.1 Å². The Kier molecular flexibility index (Phi) is 3.82. The zero-order valence-corrected chi connectivity index (χ0v) is 13.6. The number of hydrogen-bond acceptors (Lipinski definition) is 1. The van der Waals surface area contributed by atoms with Crippen molar-refractivity contribution in [3.8, 4) is 11.1 Å². The molecule has 0 bridgehead atoms. The number of carbonyl (C=O) groups is 1. The molecule has 0 saturated heterocycles. The lowest BCUT2D eigenvalue weighted by Gasteiger charge is -1.98. The van der Waals surface area contributed by atoms with Crippen molar-refractivity contribution < 1.29 is 9.90 Å². The number of H-pyrrole nitrogens is 1. The smallest absolute Gasteiger partial charge is 0.337 e. The number of nitrogens with one attached hydrogen (secondary N) is 1. The minimum Gasteiger partial charge on any atom is -0.478 e. The topological polar surface area (TPSA) is 53.1 Å². The maximum atomic E-state index is 10.7. The second kappa shape index (κ2) is 6.29. The Hall–Kier alpha value is -3.33. The van der Waals surface area contributed by atoms with Crippen molar-refractivity contribution in [2.24, 2.45) is 0 Å². The molecule has 0 amide bonds. The van der Waals surface area contributed by atoms with Crippen molar-refractivity contribution in [2.75, 3.05) is 0 Å². The fourth-order valence-corrected chi connectivity index (χ4v) is 3.33. The van der Waals surface area contributed by atoms with Crippen LogP contribution in [0.2, 0.25) is 0 Å². The van der Waals surface area contributed by atoms with E-state index in [0.29, 0.717) is 5.56 Å². The van der Waals surface area contributed by atoms with Gasteiger partial charge in [-0.1, -0.05) is 66.7 Å². The normalized spacial score (nSPS) is 11.4. The van der Waals surface area contributed by atoms with Crippen LogP contribution in [0.25, 0.3) is 22.0 Å². The van der Waals surface area contributed by atoms with Crippen LogP contribution in [0.15, 0.2) is 79.0 Å². The Bertz CT molecular complexity index is 1020. The molecule has 0 fully saturated rings. The lowest BCUT2D eigenvalue weighted by molar-refractivity contribution is 0.0699. The van der Waals surface area contributed by atoms with E-state index in [-0.39, 0.29) is 0 Å². The number of para-hydroxylation sites is 1. The number of aromatic nitrogens is 1. The average Bonchev–Trinajstić information content (AvgIpc) is 3.24. The molecule has 0 saturated carbocycles. The van der Waals surface area contributed by atoms with Gasteiger partial charge in [-0.3, -0.25) is 0 Å². The van der Waals surface area contributed by atoms with E-state index in [1.807, 2.05) is 18.2 Å². The predicted octanol–water partition coefficient (Wildman–Crippen LogP) is 5.12. The first-order valence-electron chi connectivity index (χ1n) is 8.19. The molecule has 0 atom stereocenters. The number of hydrogen-bond donors (Lipinski definition) is 2. The van der Waals surface area contributed by atoms with Gasteiger partial charge in [0, 0.05) is 17.1 Å². The molecule has 3 aromatic carbocycles. The highest BCUT2D eigenvalue weighted by Crippen LogP contribution is 2.35. The van der Waals surface area contributed by atoms with Gasteiger partial charge in [-0.25, -0.2) is 4.79 Å². The number of benzene rings is 3. The van der Waals surface area contributed by atoms with Crippen LogP contribution in [0.5, 0.6) is 0 Å². The third-order valence-corrected chi connectivity index (χ3v) is 4.53. The minimum absolute atomic E-state index is 0.325. The molecule has 5 rings (SSSR count). The number of aromatic amines is 1. The monoisotopic (exact) mass is 327 g/mol. The predicted molar refractivity (Wildman–Crippen MR) is 99.9 cm³/mol. The Labute approximate surface area is 145 Å². The molecule has 1 aliphatic carbocycles. The van der Waals surface area contributed by atoms with Crippen LogP contribution in [0.3, 0.4) is 0 Å². The molecule has 0 unspecified atom stereocenters. The van der Waals surface area contributed by atoms with Crippen molar-refractivity contribution in [1.29, 1.82) is 0 Å². The average molecular weight is 327 g/mol. The highest BCUT2D eigenvalue weighted by atomic mass is 16.4. The van der Waals surface area contributed by atoms with Gasteiger partial charge in [-0.2, -0.15) is 0 Å². The van der Waals surface area contributed by atoms with Crippen molar-refractivity contribution in [3.63, 3.8) is 0 Å². The van der Waals surface area contributed by atoms with Crippen LogP contribution >= 0.6 is 0 Å². The van der Waals surface area contributed by atoms with Crippen LogP contribution in [0, 0.1) is 0 Å². The second-order valence-corrected chi connectivity index (χ2v) is 6.04. The van der Waals surface area contributed by atoms with Gasteiger partial charge in [-0.05, 0) is 34.7 Å². The summed E-state index contributed by atoms with van der Waals surface area (Å²) in [5, 5.41) is 9.51. The lowest BCUT2D eigenvalue weighted by atomic mass is 10.1. The van der Waals surface area contributed by atoms with E-state index in [1.54, 1.807) is 6.07 Å². The Morgan fingerprint density at radius 2 is 1.36 bits per heavy atom. The van der Waals surface area contributed by atoms with E-state index < -0.39 is 5.97 Å². The molecule has 3 nitrogen and oxygen atoms in total. The molecule has 3 heteroatoms. The van der Waals surface area contributed by atoms with Crippen LogP contribution < -0.4 is 0 Å². The SMILES string of the molecule is O=C(O)c1c[nH]c2ccccc12.c1ccc2c(c1)Cc1ccccc1-2. The molecule has 0 radical (unpaired) electrons. The number of carboxylic acids is 1. The summed E-state index contributed by atoms with van der Waals surface area (Å²) in [5.74, 6) is -0.896. The van der Waals surface area contributed by atoms with Crippen LogP contribution in [0.1, 0.15) is 21.5 Å². The zero-order valence-electron chi connectivity index (χ0n) is 13.6. The molecule has 0 spiro atoms. The minimum atomic E-state index is -0.896. The van der Waals surface area contributed by atoms with Gasteiger partial charge in [0.2, 0.25) is 0 Å². The van der Waals surface area contributed by atoms with E-state index in [1.165, 1.54) is 28.5 Å². The highest BCUT2D eigenvalue weighted by Gasteiger charge is 2.15. The zero-order chi connectivity index (χ0) is 17.2. The molecule has 0 aliphatic heterocycles. The van der Waals surface area contributed by atoms with E-state index in [0.717, 1.165) is 17.3 Å². The van der Waals surface area contributed by atoms with Gasteiger partial charge in [0.15, 0.2) is 0 Å². The summed E-state index contributed by atoms with van der Waals surface area (Å²) in [7, 11) is 0. The Balaban J connectivity index is 0.000000126. The maximum absolute atomic E-state index is 10.7. The quantitative estimate of drug-likeness (QED) is 0.449. The highest BCUT2D eigenvalue weighted by molar-refractivity contribution is 6.03. The molecule has 25 heavy (non-hydrogen) atoms. The molecule has 1 aliphatic rings. The van der Waals surface area contributed by atoms with Crippen molar-refractivity contribution >= 4 is 16.9 Å².